The molecule has 144 valence electrons. The van der Waals surface area contributed by atoms with E-state index in [1.54, 1.807) is 19.9 Å². The number of hydrogen-bond donors (Lipinski definition) is 0. The number of benzene rings is 1. The topological polar surface area (TPSA) is 55.8 Å². The lowest BCUT2D eigenvalue weighted by molar-refractivity contribution is -0.152. The molecule has 1 aliphatic heterocycles. The number of nitrogens with zero attached hydrogens (tertiary/aromatic N) is 1. The number of allylic oxidation sites excluding steroid dienone is 1. The second kappa shape index (κ2) is 10.1. The van der Waals surface area contributed by atoms with Crippen molar-refractivity contribution < 1.29 is 19.1 Å². The molecular formula is C21H31NO4. The lowest BCUT2D eigenvalue weighted by Gasteiger charge is -2.25. The lowest BCUT2D eigenvalue weighted by atomic mass is 9.81. The summed E-state index contributed by atoms with van der Waals surface area (Å²) in [4.78, 5) is 24.7. The van der Waals surface area contributed by atoms with E-state index >= 15 is 0 Å². The molecule has 1 saturated heterocycles. The molecule has 1 aromatic carbocycles. The van der Waals surface area contributed by atoms with E-state index in [4.69, 9.17) is 4.74 Å². The highest BCUT2D eigenvalue weighted by Crippen LogP contribution is 2.37. The third kappa shape index (κ3) is 5.70. The molecule has 0 spiro atoms. The Morgan fingerprint density at radius 3 is 2.31 bits per heavy atom. The van der Waals surface area contributed by atoms with Crippen LogP contribution in [0.4, 0.5) is 0 Å². The van der Waals surface area contributed by atoms with Gasteiger partial charge in [0.25, 0.3) is 0 Å². The van der Waals surface area contributed by atoms with Crippen molar-refractivity contribution in [2.24, 2.45) is 11.3 Å². The average molecular weight is 361 g/mol. The number of esters is 2. The van der Waals surface area contributed by atoms with Gasteiger partial charge in [-0.25, -0.2) is 4.79 Å². The van der Waals surface area contributed by atoms with Crippen LogP contribution in [0.5, 0.6) is 0 Å². The summed E-state index contributed by atoms with van der Waals surface area (Å²) in [6, 6.07) is 10.4. The molecule has 5 nitrogen and oxygen atoms in total. The Hall–Kier alpha value is -2.14. The molecule has 0 amide bonds. The van der Waals surface area contributed by atoms with Crippen molar-refractivity contribution in [3.63, 3.8) is 0 Å². The summed E-state index contributed by atoms with van der Waals surface area (Å²) < 4.78 is 9.34. The van der Waals surface area contributed by atoms with Crippen molar-refractivity contribution in [3.8, 4) is 0 Å². The molecule has 2 rings (SSSR count). The van der Waals surface area contributed by atoms with E-state index < -0.39 is 0 Å². The molecule has 0 unspecified atom stereocenters. The number of carbonyl (C=O) groups is 2. The Kier molecular flexibility index (Phi) is 8.52. The highest BCUT2D eigenvalue weighted by molar-refractivity contribution is 5.87. The third-order valence-electron chi connectivity index (χ3n) is 5.01. The molecule has 0 radical (unpaired) electrons. The Labute approximate surface area is 157 Å². The number of methoxy groups -OCH3 is 2. The molecule has 0 aliphatic carbocycles. The van der Waals surface area contributed by atoms with Crippen molar-refractivity contribution in [1.82, 2.24) is 4.90 Å². The van der Waals surface area contributed by atoms with Crippen molar-refractivity contribution in [2.75, 3.05) is 27.3 Å². The molecular weight excluding hydrogens is 330 g/mol. The quantitative estimate of drug-likeness (QED) is 0.607. The van der Waals surface area contributed by atoms with Gasteiger partial charge in [0.15, 0.2) is 0 Å². The molecule has 1 fully saturated rings. The zero-order chi connectivity index (χ0) is 19.7. The number of carbonyl (C=O) groups excluding carboxylic acids is 2. The van der Waals surface area contributed by atoms with Crippen molar-refractivity contribution >= 4 is 11.9 Å². The van der Waals surface area contributed by atoms with Crippen LogP contribution in [0.25, 0.3) is 0 Å². The van der Waals surface area contributed by atoms with Gasteiger partial charge in [-0.05, 0) is 32.3 Å². The van der Waals surface area contributed by atoms with Crippen molar-refractivity contribution in [1.29, 1.82) is 0 Å². The van der Waals surface area contributed by atoms with Gasteiger partial charge in [-0.15, -0.1) is 0 Å². The van der Waals surface area contributed by atoms with Gasteiger partial charge in [-0.1, -0.05) is 43.3 Å². The average Bonchev–Trinajstić information content (AvgIpc) is 2.95. The van der Waals surface area contributed by atoms with Crippen molar-refractivity contribution in [3.05, 3.63) is 47.5 Å². The summed E-state index contributed by atoms with van der Waals surface area (Å²) in [6.07, 6.45) is 1.71. The molecule has 1 aliphatic rings. The number of hydrogen-bond acceptors (Lipinski definition) is 5. The highest BCUT2D eigenvalue weighted by Gasteiger charge is 2.46. The lowest BCUT2D eigenvalue weighted by Crippen LogP contribution is -2.36. The van der Waals surface area contributed by atoms with Crippen LogP contribution >= 0.6 is 0 Å². The molecule has 1 heterocycles. The molecule has 5 heteroatoms. The summed E-state index contributed by atoms with van der Waals surface area (Å²) in [5, 5.41) is 0. The van der Waals surface area contributed by atoms with Crippen LogP contribution in [0.15, 0.2) is 42.0 Å². The van der Waals surface area contributed by atoms with E-state index in [2.05, 4.69) is 28.7 Å². The Bertz CT molecular complexity index is 626. The van der Waals surface area contributed by atoms with Gasteiger partial charge in [-0.3, -0.25) is 9.69 Å². The number of likely N-dealkylation sites (tertiary alicyclic amines) is 1. The van der Waals surface area contributed by atoms with Gasteiger partial charge < -0.3 is 9.47 Å². The summed E-state index contributed by atoms with van der Waals surface area (Å²) >= 11 is 0. The number of ether oxygens (including phenoxy) is 2. The predicted molar refractivity (Wildman–Crippen MR) is 102 cm³/mol. The smallest absolute Gasteiger partial charge is 0.333 e. The minimum absolute atomic E-state index is 0.0921. The Morgan fingerprint density at radius 1 is 1.23 bits per heavy atom. The van der Waals surface area contributed by atoms with Crippen LogP contribution in [0, 0.1) is 11.3 Å². The first-order valence-electron chi connectivity index (χ1n) is 8.84. The van der Waals surface area contributed by atoms with Crippen molar-refractivity contribution in [2.45, 2.75) is 34.2 Å². The predicted octanol–water partition coefficient (Wildman–Crippen LogP) is 3.44. The van der Waals surface area contributed by atoms with Gasteiger partial charge in [-0.2, -0.15) is 0 Å². The maximum Gasteiger partial charge on any atom is 0.333 e. The first-order chi connectivity index (χ1) is 12.3. The molecule has 26 heavy (non-hydrogen) atoms. The van der Waals surface area contributed by atoms with E-state index in [9.17, 15) is 9.59 Å². The molecule has 2 atom stereocenters. The maximum atomic E-state index is 11.9. The van der Waals surface area contributed by atoms with E-state index in [1.165, 1.54) is 19.8 Å². The fraction of sp³-hybridized carbons (Fsp3) is 0.524. The second-order valence-electron chi connectivity index (χ2n) is 6.93. The zero-order valence-corrected chi connectivity index (χ0v) is 16.7. The summed E-state index contributed by atoms with van der Waals surface area (Å²) in [7, 11) is 2.84. The fourth-order valence-electron chi connectivity index (χ4n) is 3.01. The first-order valence-corrected chi connectivity index (χ1v) is 8.84. The molecule has 0 saturated carbocycles. The minimum atomic E-state index is -0.371. The van der Waals surface area contributed by atoms with E-state index in [0.29, 0.717) is 11.5 Å². The largest absolute Gasteiger partial charge is 0.469 e. The van der Waals surface area contributed by atoms with Gasteiger partial charge in [0, 0.05) is 25.2 Å². The normalized spacial score (nSPS) is 23.0. The highest BCUT2D eigenvalue weighted by atomic mass is 16.5. The Morgan fingerprint density at radius 2 is 1.85 bits per heavy atom. The van der Waals surface area contributed by atoms with E-state index in [-0.39, 0.29) is 17.4 Å². The monoisotopic (exact) mass is 361 g/mol. The van der Waals surface area contributed by atoms with Crippen LogP contribution in [-0.4, -0.2) is 44.1 Å². The van der Waals surface area contributed by atoms with Gasteiger partial charge in [0.2, 0.25) is 0 Å². The van der Waals surface area contributed by atoms with Gasteiger partial charge in [0.1, 0.15) is 0 Å². The van der Waals surface area contributed by atoms with Crippen LogP contribution in [0.2, 0.25) is 0 Å². The first kappa shape index (κ1) is 21.9. The standard InChI is InChI=1S/C15H21NO2.C6H10O2/c1-12-9-16(10-13-7-5-4-6-8-13)11-15(12,2)14(17)18-3;1-4-5(2)6(7)8-3/h4-8,12H,9-11H2,1-3H3;4H,1-3H3/b;5-4-/t12-,15+;/m0./s1. The number of rotatable bonds is 4. The van der Waals surface area contributed by atoms with Gasteiger partial charge >= 0.3 is 11.9 Å². The zero-order valence-electron chi connectivity index (χ0n) is 16.7. The molecule has 0 bridgehead atoms. The summed E-state index contributed by atoms with van der Waals surface area (Å²) in [5.41, 5.74) is 1.56. The summed E-state index contributed by atoms with van der Waals surface area (Å²) in [5.74, 6) is -0.0216. The van der Waals surface area contributed by atoms with Crippen LogP contribution in [-0.2, 0) is 25.6 Å². The van der Waals surface area contributed by atoms with E-state index in [1.807, 2.05) is 25.1 Å². The van der Waals surface area contributed by atoms with Crippen LogP contribution in [0.3, 0.4) is 0 Å². The fourth-order valence-corrected chi connectivity index (χ4v) is 3.01. The molecule has 0 N–H and O–H groups in total. The molecule has 1 aromatic rings. The summed E-state index contributed by atoms with van der Waals surface area (Å²) in [6.45, 7) is 10.3. The SMILES string of the molecule is C/C=C(/C)C(=O)OC.COC(=O)[C@]1(C)CN(Cc2ccccc2)C[C@@H]1C. The van der Waals surface area contributed by atoms with E-state index in [0.717, 1.165) is 19.6 Å². The van der Waals surface area contributed by atoms with Crippen LogP contribution in [0.1, 0.15) is 33.3 Å². The van der Waals surface area contributed by atoms with Crippen LogP contribution < -0.4 is 0 Å². The Balaban J connectivity index is 0.000000359. The minimum Gasteiger partial charge on any atom is -0.469 e. The van der Waals surface area contributed by atoms with Gasteiger partial charge in [0.05, 0.1) is 19.6 Å². The maximum absolute atomic E-state index is 11.9. The molecule has 0 aromatic heterocycles. The third-order valence-corrected chi connectivity index (χ3v) is 5.01. The second-order valence-corrected chi connectivity index (χ2v) is 6.93.